The number of imidazole rings is 1. The molecule has 4 rings (SSSR count). The summed E-state index contributed by atoms with van der Waals surface area (Å²) in [7, 11) is 1.65. The maximum Gasteiger partial charge on any atom is 0.224 e. The van der Waals surface area contributed by atoms with E-state index in [9.17, 15) is 4.79 Å². The van der Waals surface area contributed by atoms with Crippen LogP contribution in [0.2, 0.25) is 5.02 Å². The summed E-state index contributed by atoms with van der Waals surface area (Å²) in [6.45, 7) is 2.01. The minimum atomic E-state index is -0.0257. The Kier molecular flexibility index (Phi) is 8.63. The minimum absolute atomic E-state index is 0.0257. The number of rotatable bonds is 12. The Morgan fingerprint density at radius 1 is 0.971 bits per heavy atom. The number of aryl methyl sites for hydroxylation is 2. The molecule has 0 atom stereocenters. The number of amides is 1. The first-order chi connectivity index (χ1) is 17.1. The van der Waals surface area contributed by atoms with Crippen molar-refractivity contribution in [2.45, 2.75) is 32.2 Å². The van der Waals surface area contributed by atoms with E-state index in [4.69, 9.17) is 26.1 Å². The van der Waals surface area contributed by atoms with Gasteiger partial charge >= 0.3 is 0 Å². The molecule has 7 heteroatoms. The van der Waals surface area contributed by atoms with Crippen molar-refractivity contribution in [1.82, 2.24) is 14.9 Å². The van der Waals surface area contributed by atoms with Crippen molar-refractivity contribution in [3.05, 3.63) is 89.2 Å². The number of benzene rings is 3. The number of hydrogen-bond acceptors (Lipinski definition) is 4. The molecule has 1 aromatic heterocycles. The Bertz CT molecular complexity index is 1250. The lowest BCUT2D eigenvalue weighted by molar-refractivity contribution is -0.120. The third-order valence-electron chi connectivity index (χ3n) is 5.80. The van der Waals surface area contributed by atoms with E-state index in [0.29, 0.717) is 18.2 Å². The van der Waals surface area contributed by atoms with E-state index in [1.807, 2.05) is 60.7 Å². The molecule has 0 radical (unpaired) electrons. The lowest BCUT2D eigenvalue weighted by atomic mass is 10.1. The molecule has 3 aromatic carbocycles. The number of carbonyl (C=O) groups is 1. The number of ether oxygens (including phenoxy) is 2. The fourth-order valence-electron chi connectivity index (χ4n) is 4.00. The molecule has 182 valence electrons. The predicted octanol–water partition coefficient (Wildman–Crippen LogP) is 5.46. The molecule has 1 heterocycles. The molecule has 4 aromatic rings. The van der Waals surface area contributed by atoms with Crippen LogP contribution in [-0.4, -0.2) is 35.7 Å². The van der Waals surface area contributed by atoms with Crippen LogP contribution in [-0.2, 0) is 24.2 Å². The number of aromatic nitrogens is 2. The van der Waals surface area contributed by atoms with Gasteiger partial charge in [-0.1, -0.05) is 41.9 Å². The zero-order chi connectivity index (χ0) is 24.5. The second-order valence-corrected chi connectivity index (χ2v) is 8.67. The Morgan fingerprint density at radius 3 is 2.51 bits per heavy atom. The van der Waals surface area contributed by atoms with Gasteiger partial charge in [0.2, 0.25) is 5.91 Å². The first-order valence-corrected chi connectivity index (χ1v) is 12.2. The summed E-state index contributed by atoms with van der Waals surface area (Å²) in [5.41, 5.74) is 2.95. The maximum atomic E-state index is 12.3. The number of hydrogen-bond donors (Lipinski definition) is 1. The molecular weight excluding hydrogens is 462 g/mol. The highest BCUT2D eigenvalue weighted by Gasteiger charge is 2.11. The van der Waals surface area contributed by atoms with Crippen LogP contribution >= 0.6 is 11.6 Å². The van der Waals surface area contributed by atoms with Gasteiger partial charge in [-0.25, -0.2) is 4.98 Å². The predicted molar refractivity (Wildman–Crippen MR) is 139 cm³/mol. The van der Waals surface area contributed by atoms with Crippen molar-refractivity contribution < 1.29 is 14.3 Å². The van der Waals surface area contributed by atoms with E-state index >= 15 is 0 Å². The zero-order valence-electron chi connectivity index (χ0n) is 19.9. The van der Waals surface area contributed by atoms with Crippen LogP contribution in [0.4, 0.5) is 0 Å². The molecule has 6 nitrogen and oxygen atoms in total. The van der Waals surface area contributed by atoms with Crippen LogP contribution in [0.1, 0.15) is 24.2 Å². The Morgan fingerprint density at radius 2 is 1.71 bits per heavy atom. The summed E-state index contributed by atoms with van der Waals surface area (Å²) < 4.78 is 13.3. The van der Waals surface area contributed by atoms with Gasteiger partial charge in [0.1, 0.15) is 17.3 Å². The largest absolute Gasteiger partial charge is 0.497 e. The molecule has 0 spiro atoms. The molecule has 0 saturated heterocycles. The number of halogens is 1. The molecule has 0 fully saturated rings. The monoisotopic (exact) mass is 491 g/mol. The number of nitrogens with one attached hydrogen (secondary N) is 1. The van der Waals surface area contributed by atoms with E-state index in [1.54, 1.807) is 13.2 Å². The van der Waals surface area contributed by atoms with E-state index in [0.717, 1.165) is 59.7 Å². The van der Waals surface area contributed by atoms with Crippen molar-refractivity contribution in [3.63, 3.8) is 0 Å². The molecule has 0 bridgehead atoms. The number of carbonyl (C=O) groups excluding carboxylic acids is 1. The van der Waals surface area contributed by atoms with Gasteiger partial charge in [-0.05, 0) is 60.9 Å². The van der Waals surface area contributed by atoms with E-state index in [1.165, 1.54) is 0 Å². The minimum Gasteiger partial charge on any atom is -0.497 e. The molecule has 0 aliphatic rings. The van der Waals surface area contributed by atoms with Crippen LogP contribution in [0.15, 0.2) is 72.8 Å². The second-order valence-electron chi connectivity index (χ2n) is 8.27. The quantitative estimate of drug-likeness (QED) is 0.267. The highest BCUT2D eigenvalue weighted by Crippen LogP contribution is 2.20. The maximum absolute atomic E-state index is 12.3. The van der Waals surface area contributed by atoms with Gasteiger partial charge in [0.25, 0.3) is 0 Å². The SMILES string of the molecule is COc1ccc(OCCCn2c(CCCNC(=O)Cc3ccccc3Cl)nc3ccccc32)cc1. The van der Waals surface area contributed by atoms with Gasteiger partial charge in [-0.3, -0.25) is 4.79 Å². The number of fused-ring (bicyclic) bond motifs is 1. The highest BCUT2D eigenvalue weighted by molar-refractivity contribution is 6.31. The molecule has 0 saturated carbocycles. The molecule has 0 unspecified atom stereocenters. The van der Waals surface area contributed by atoms with Crippen LogP contribution in [0, 0.1) is 0 Å². The van der Waals surface area contributed by atoms with Crippen molar-refractivity contribution in [2.75, 3.05) is 20.3 Å². The summed E-state index contributed by atoms with van der Waals surface area (Å²) in [5.74, 6) is 2.64. The first kappa shape index (κ1) is 24.6. The standard InChI is InChI=1S/C28H30ClN3O3/c1-34-22-13-15-23(16-14-22)35-19-7-18-32-26-11-5-4-10-25(26)31-27(32)12-6-17-30-28(33)20-21-8-2-3-9-24(21)29/h2-5,8-11,13-16H,6-7,12,17-20H2,1H3,(H,30,33). The number of para-hydroxylation sites is 2. The smallest absolute Gasteiger partial charge is 0.224 e. The summed E-state index contributed by atoms with van der Waals surface area (Å²) in [4.78, 5) is 17.1. The van der Waals surface area contributed by atoms with Crippen molar-refractivity contribution >= 4 is 28.5 Å². The van der Waals surface area contributed by atoms with Crippen LogP contribution in [0.5, 0.6) is 11.5 Å². The Labute approximate surface area is 210 Å². The lowest BCUT2D eigenvalue weighted by Gasteiger charge is -2.11. The van der Waals surface area contributed by atoms with E-state index in [-0.39, 0.29) is 12.3 Å². The van der Waals surface area contributed by atoms with Gasteiger partial charge < -0.3 is 19.4 Å². The fourth-order valence-corrected chi connectivity index (χ4v) is 4.20. The van der Waals surface area contributed by atoms with Gasteiger partial charge in [-0.15, -0.1) is 0 Å². The van der Waals surface area contributed by atoms with Crippen molar-refractivity contribution in [2.24, 2.45) is 0 Å². The summed E-state index contributed by atoms with van der Waals surface area (Å²) in [6.07, 6.45) is 2.72. The second kappa shape index (κ2) is 12.3. The zero-order valence-corrected chi connectivity index (χ0v) is 20.6. The number of methoxy groups -OCH3 is 1. The normalized spacial score (nSPS) is 10.9. The average molecular weight is 492 g/mol. The van der Waals surface area contributed by atoms with Crippen molar-refractivity contribution in [1.29, 1.82) is 0 Å². The Hall–Kier alpha value is -3.51. The van der Waals surface area contributed by atoms with Gasteiger partial charge in [0, 0.05) is 24.5 Å². The molecule has 1 amide bonds. The van der Waals surface area contributed by atoms with Crippen molar-refractivity contribution in [3.8, 4) is 11.5 Å². The van der Waals surface area contributed by atoms with E-state index in [2.05, 4.69) is 16.0 Å². The first-order valence-electron chi connectivity index (χ1n) is 11.8. The fraction of sp³-hybridized carbons (Fsp3) is 0.286. The summed E-state index contributed by atoms with van der Waals surface area (Å²) in [6, 6.07) is 23.2. The number of nitrogens with zero attached hydrogens (tertiary/aromatic N) is 2. The highest BCUT2D eigenvalue weighted by atomic mass is 35.5. The van der Waals surface area contributed by atoms with Gasteiger partial charge in [0.15, 0.2) is 0 Å². The van der Waals surface area contributed by atoms with Gasteiger partial charge in [0.05, 0.1) is 31.2 Å². The Balaban J connectivity index is 1.28. The third-order valence-corrected chi connectivity index (χ3v) is 6.16. The van der Waals surface area contributed by atoms with Crippen LogP contribution < -0.4 is 14.8 Å². The third kappa shape index (κ3) is 6.76. The van der Waals surface area contributed by atoms with Gasteiger partial charge in [-0.2, -0.15) is 0 Å². The molecule has 0 aliphatic carbocycles. The summed E-state index contributed by atoms with van der Waals surface area (Å²) >= 11 is 6.16. The molecular formula is C28H30ClN3O3. The van der Waals surface area contributed by atoms with Crippen LogP contribution in [0.25, 0.3) is 11.0 Å². The molecule has 35 heavy (non-hydrogen) atoms. The lowest BCUT2D eigenvalue weighted by Crippen LogP contribution is -2.26. The topological polar surface area (TPSA) is 65.4 Å². The molecule has 0 aliphatic heterocycles. The van der Waals surface area contributed by atoms with Crippen LogP contribution in [0.3, 0.4) is 0 Å². The average Bonchev–Trinajstić information content (AvgIpc) is 3.23. The van der Waals surface area contributed by atoms with E-state index < -0.39 is 0 Å². The summed E-state index contributed by atoms with van der Waals surface area (Å²) in [5, 5.41) is 3.61. The molecule has 1 N–H and O–H groups in total.